The Morgan fingerprint density at radius 1 is 1.26 bits per heavy atom. The van der Waals surface area contributed by atoms with Crippen molar-refractivity contribution in [3.05, 3.63) is 35.9 Å². The third-order valence-corrected chi connectivity index (χ3v) is 2.69. The Labute approximate surface area is 110 Å². The van der Waals surface area contributed by atoms with Crippen molar-refractivity contribution < 1.29 is 24.1 Å². The van der Waals surface area contributed by atoms with Gasteiger partial charge in [-0.3, -0.25) is 0 Å². The average Bonchev–Trinajstić information content (AvgIpc) is 2.43. The van der Waals surface area contributed by atoms with Gasteiger partial charge in [-0.05, 0) is 11.5 Å². The predicted molar refractivity (Wildman–Crippen MR) is 69.5 cm³/mol. The molecule has 2 aromatic carbocycles. The van der Waals surface area contributed by atoms with Gasteiger partial charge in [-0.15, -0.1) is 0 Å². The summed E-state index contributed by atoms with van der Waals surface area (Å²) >= 11 is 0. The summed E-state index contributed by atoms with van der Waals surface area (Å²) in [5.74, 6) is -0.588. The van der Waals surface area contributed by atoms with Gasteiger partial charge in [0, 0.05) is 12.5 Å². The highest BCUT2D eigenvalue weighted by atomic mass is 16.7. The fraction of sp³-hybridized carbons (Fsp3) is 0.214. The van der Waals surface area contributed by atoms with Gasteiger partial charge in [0.05, 0.1) is 7.11 Å². The smallest absolute Gasteiger partial charge is 0.345 e. The second-order valence-electron chi connectivity index (χ2n) is 3.86. The molecule has 5 heteroatoms. The molecule has 19 heavy (non-hydrogen) atoms. The van der Waals surface area contributed by atoms with E-state index in [-0.39, 0.29) is 23.9 Å². The van der Waals surface area contributed by atoms with Crippen LogP contribution in [0.4, 0.5) is 0 Å². The molecule has 0 bridgehead atoms. The van der Waals surface area contributed by atoms with Crippen molar-refractivity contribution in [1.29, 1.82) is 0 Å². The van der Waals surface area contributed by atoms with E-state index in [1.807, 2.05) is 18.2 Å². The van der Waals surface area contributed by atoms with Crippen LogP contribution >= 0.6 is 0 Å². The molecule has 0 saturated heterocycles. The molecule has 0 heterocycles. The van der Waals surface area contributed by atoms with Gasteiger partial charge in [-0.1, -0.05) is 24.3 Å². The summed E-state index contributed by atoms with van der Waals surface area (Å²) in [6.07, 6.45) is 0. The van der Waals surface area contributed by atoms with Crippen molar-refractivity contribution in [2.24, 2.45) is 0 Å². The zero-order chi connectivity index (χ0) is 13.8. The summed E-state index contributed by atoms with van der Waals surface area (Å²) in [5, 5.41) is 11.4. The molecule has 2 aromatic rings. The number of hydrogen-bond donors (Lipinski definition) is 1. The number of methoxy groups -OCH3 is 2. The van der Waals surface area contributed by atoms with E-state index in [0.29, 0.717) is 5.39 Å². The van der Waals surface area contributed by atoms with Crippen LogP contribution in [0.3, 0.4) is 0 Å². The zero-order valence-electron chi connectivity index (χ0n) is 10.7. The number of hydrogen-bond acceptors (Lipinski definition) is 5. The monoisotopic (exact) mass is 262 g/mol. The van der Waals surface area contributed by atoms with Crippen LogP contribution in [0.15, 0.2) is 30.3 Å². The van der Waals surface area contributed by atoms with Gasteiger partial charge >= 0.3 is 5.97 Å². The van der Waals surface area contributed by atoms with E-state index in [1.165, 1.54) is 20.3 Å². The largest absolute Gasteiger partial charge is 0.507 e. The van der Waals surface area contributed by atoms with E-state index in [2.05, 4.69) is 4.74 Å². The second kappa shape index (κ2) is 5.58. The molecule has 0 radical (unpaired) electrons. The van der Waals surface area contributed by atoms with Gasteiger partial charge in [0.25, 0.3) is 0 Å². The number of phenolic OH excluding ortho intramolecular Hbond substituents is 1. The minimum Gasteiger partial charge on any atom is -0.507 e. The number of rotatable bonds is 4. The van der Waals surface area contributed by atoms with E-state index >= 15 is 0 Å². The van der Waals surface area contributed by atoms with Crippen molar-refractivity contribution in [1.82, 2.24) is 0 Å². The topological polar surface area (TPSA) is 65.0 Å². The highest BCUT2D eigenvalue weighted by Gasteiger charge is 2.21. The van der Waals surface area contributed by atoms with Crippen molar-refractivity contribution >= 4 is 16.7 Å². The van der Waals surface area contributed by atoms with Crippen LogP contribution in [-0.4, -0.2) is 32.1 Å². The molecule has 0 fully saturated rings. The first-order valence-electron chi connectivity index (χ1n) is 5.63. The van der Waals surface area contributed by atoms with E-state index in [1.54, 1.807) is 6.07 Å². The van der Waals surface area contributed by atoms with Crippen molar-refractivity contribution in [3.63, 3.8) is 0 Å². The molecule has 0 amide bonds. The quantitative estimate of drug-likeness (QED) is 0.676. The fourth-order valence-electron chi connectivity index (χ4n) is 1.87. The number of fused-ring (bicyclic) bond motifs is 1. The lowest BCUT2D eigenvalue weighted by molar-refractivity contribution is 0.0471. The summed E-state index contributed by atoms with van der Waals surface area (Å²) in [6.45, 7) is -0.0303. The predicted octanol–water partition coefficient (Wildman–Crippen LogP) is 2.31. The molecule has 1 N–H and O–H groups in total. The molecule has 0 saturated carbocycles. The van der Waals surface area contributed by atoms with Gasteiger partial charge in [-0.2, -0.15) is 0 Å². The van der Waals surface area contributed by atoms with E-state index in [0.717, 1.165) is 5.39 Å². The molecule has 0 aliphatic carbocycles. The molecule has 100 valence electrons. The Balaban J connectivity index is 2.69. The normalized spacial score (nSPS) is 10.4. The van der Waals surface area contributed by atoms with Crippen LogP contribution in [0.5, 0.6) is 11.5 Å². The number of esters is 1. The number of aromatic hydroxyl groups is 1. The first-order chi connectivity index (χ1) is 9.19. The van der Waals surface area contributed by atoms with Crippen molar-refractivity contribution in [2.45, 2.75) is 0 Å². The molecule has 0 atom stereocenters. The molecule has 0 aromatic heterocycles. The van der Waals surface area contributed by atoms with Gasteiger partial charge in [0.1, 0.15) is 17.1 Å². The lowest BCUT2D eigenvalue weighted by Gasteiger charge is -2.14. The first kappa shape index (κ1) is 13.2. The van der Waals surface area contributed by atoms with Crippen LogP contribution in [0.25, 0.3) is 10.8 Å². The molecule has 2 rings (SSSR count). The molecular weight excluding hydrogens is 248 g/mol. The number of ether oxygens (including phenoxy) is 3. The lowest BCUT2D eigenvalue weighted by Crippen LogP contribution is -2.08. The minimum atomic E-state index is -0.658. The lowest BCUT2D eigenvalue weighted by atomic mass is 10.0. The molecule has 0 spiro atoms. The van der Waals surface area contributed by atoms with Gasteiger partial charge in [0.2, 0.25) is 0 Å². The van der Waals surface area contributed by atoms with Gasteiger partial charge < -0.3 is 19.3 Å². The van der Waals surface area contributed by atoms with Crippen LogP contribution < -0.4 is 4.74 Å². The zero-order valence-corrected chi connectivity index (χ0v) is 10.7. The molecule has 0 unspecified atom stereocenters. The van der Waals surface area contributed by atoms with Crippen molar-refractivity contribution in [3.8, 4) is 11.5 Å². The molecule has 0 aliphatic heterocycles. The minimum absolute atomic E-state index is 0.00162. The number of carbonyl (C=O) groups excluding carboxylic acids is 1. The maximum absolute atomic E-state index is 11.8. The van der Waals surface area contributed by atoms with Crippen molar-refractivity contribution in [2.75, 3.05) is 21.0 Å². The standard InChI is InChI=1S/C14H14O5/c1-17-8-19-13-10-6-4-3-5-9(10)7-11(15)12(13)14(16)18-2/h3-7,15H,8H2,1-2H3. The Morgan fingerprint density at radius 3 is 2.68 bits per heavy atom. The number of carbonyl (C=O) groups is 1. The maximum Gasteiger partial charge on any atom is 0.345 e. The number of benzene rings is 2. The maximum atomic E-state index is 11.8. The molecule has 5 nitrogen and oxygen atoms in total. The third kappa shape index (κ3) is 2.46. The van der Waals surface area contributed by atoms with Crippen LogP contribution in [0.2, 0.25) is 0 Å². The van der Waals surface area contributed by atoms with E-state index in [9.17, 15) is 9.90 Å². The summed E-state index contributed by atoms with van der Waals surface area (Å²) in [7, 11) is 2.72. The van der Waals surface area contributed by atoms with Crippen LogP contribution in [0, 0.1) is 0 Å². The summed E-state index contributed by atoms with van der Waals surface area (Å²) in [4.78, 5) is 11.8. The molecular formula is C14H14O5. The first-order valence-corrected chi connectivity index (χ1v) is 5.63. The third-order valence-electron chi connectivity index (χ3n) is 2.69. The Hall–Kier alpha value is -2.27. The summed E-state index contributed by atoms with van der Waals surface area (Å²) in [6, 6.07) is 8.77. The Bertz CT molecular complexity index is 606. The van der Waals surface area contributed by atoms with E-state index in [4.69, 9.17) is 9.47 Å². The summed E-state index contributed by atoms with van der Waals surface area (Å²) < 4.78 is 14.9. The highest BCUT2D eigenvalue weighted by molar-refractivity contribution is 6.04. The van der Waals surface area contributed by atoms with Gasteiger partial charge in [0.15, 0.2) is 6.79 Å². The SMILES string of the molecule is COCOc1c(C(=O)OC)c(O)cc2ccccc12. The average molecular weight is 262 g/mol. The molecule has 0 aliphatic rings. The Kier molecular flexibility index (Phi) is 3.87. The second-order valence-corrected chi connectivity index (χ2v) is 3.86. The van der Waals surface area contributed by atoms with Crippen LogP contribution in [0.1, 0.15) is 10.4 Å². The highest BCUT2D eigenvalue weighted by Crippen LogP contribution is 2.36. The fourth-order valence-corrected chi connectivity index (χ4v) is 1.87. The van der Waals surface area contributed by atoms with Crippen LogP contribution in [-0.2, 0) is 9.47 Å². The number of phenols is 1. The Morgan fingerprint density at radius 2 is 2.00 bits per heavy atom. The summed E-state index contributed by atoms with van der Waals surface area (Å²) in [5.41, 5.74) is -0.00162. The van der Waals surface area contributed by atoms with E-state index < -0.39 is 5.97 Å². The van der Waals surface area contributed by atoms with Gasteiger partial charge in [-0.25, -0.2) is 4.79 Å².